The van der Waals surface area contributed by atoms with E-state index in [2.05, 4.69) is 30.3 Å². The zero-order chi connectivity index (χ0) is 20.9. The van der Waals surface area contributed by atoms with Crippen molar-refractivity contribution in [3.63, 3.8) is 0 Å². The molecule has 1 heterocycles. The van der Waals surface area contributed by atoms with Crippen LogP contribution in [0.1, 0.15) is 24.0 Å². The number of anilines is 1. The predicted octanol–water partition coefficient (Wildman–Crippen LogP) is 4.69. The number of aliphatic carboxylic acids is 1. The number of carbonyl (C=O) groups excluding carboxylic acids is 1. The van der Waals surface area contributed by atoms with Crippen LogP contribution in [-0.2, 0) is 16.0 Å². The van der Waals surface area contributed by atoms with Crippen LogP contribution in [0.5, 0.6) is 5.75 Å². The fourth-order valence-corrected chi connectivity index (χ4v) is 3.71. The monoisotopic (exact) mass is 401 g/mol. The number of carboxylic acid groups (broad SMARTS) is 1. The zero-order valence-corrected chi connectivity index (χ0v) is 16.6. The van der Waals surface area contributed by atoms with E-state index in [1.807, 2.05) is 24.3 Å². The quantitative estimate of drug-likeness (QED) is 0.584. The Balaban J connectivity index is 1.52. The minimum Gasteiger partial charge on any atom is -0.493 e. The van der Waals surface area contributed by atoms with Gasteiger partial charge >= 0.3 is 5.97 Å². The van der Waals surface area contributed by atoms with Crippen LogP contribution in [0.2, 0.25) is 0 Å². The molecular weight excluding hydrogens is 378 g/mol. The lowest BCUT2D eigenvalue weighted by atomic mass is 10.1. The molecule has 0 saturated carbocycles. The van der Waals surface area contributed by atoms with E-state index in [1.54, 1.807) is 11.0 Å². The number of carbonyl (C=O) groups is 2. The third-order valence-corrected chi connectivity index (χ3v) is 5.25. The molecular formula is C25H23NO4. The van der Waals surface area contributed by atoms with Crippen molar-refractivity contribution in [2.24, 2.45) is 0 Å². The summed E-state index contributed by atoms with van der Waals surface area (Å²) in [6.45, 7) is 1.14. The van der Waals surface area contributed by atoms with E-state index in [4.69, 9.17) is 9.84 Å². The SMILES string of the molecule is O=C(O)/C=C/c1ccc(N2CCCC2=O)cc1OCCc1ccc2ccccc2c1. The fourth-order valence-electron chi connectivity index (χ4n) is 3.71. The molecule has 152 valence electrons. The Hall–Kier alpha value is -3.60. The van der Waals surface area contributed by atoms with Gasteiger partial charge in [-0.15, -0.1) is 0 Å². The maximum absolute atomic E-state index is 12.1. The molecule has 0 aromatic heterocycles. The second-order valence-electron chi connectivity index (χ2n) is 7.32. The number of hydrogen-bond acceptors (Lipinski definition) is 3. The van der Waals surface area contributed by atoms with E-state index in [9.17, 15) is 9.59 Å². The second-order valence-corrected chi connectivity index (χ2v) is 7.32. The molecule has 1 N–H and O–H groups in total. The third-order valence-electron chi connectivity index (χ3n) is 5.25. The van der Waals surface area contributed by atoms with Gasteiger partial charge in [-0.25, -0.2) is 4.79 Å². The van der Waals surface area contributed by atoms with Crippen molar-refractivity contribution >= 4 is 34.4 Å². The smallest absolute Gasteiger partial charge is 0.328 e. The molecule has 4 rings (SSSR count). The van der Waals surface area contributed by atoms with Crippen molar-refractivity contribution in [2.45, 2.75) is 19.3 Å². The van der Waals surface area contributed by atoms with Crippen LogP contribution in [0, 0.1) is 0 Å². The number of rotatable bonds is 7. The molecule has 0 radical (unpaired) electrons. The normalized spacial score (nSPS) is 14.0. The van der Waals surface area contributed by atoms with Crippen LogP contribution in [-0.4, -0.2) is 30.1 Å². The van der Waals surface area contributed by atoms with Gasteiger partial charge in [-0.2, -0.15) is 0 Å². The van der Waals surface area contributed by atoms with Crippen LogP contribution in [0.15, 0.2) is 66.7 Å². The highest BCUT2D eigenvalue weighted by molar-refractivity contribution is 5.96. The number of ether oxygens (including phenoxy) is 1. The molecule has 5 nitrogen and oxygen atoms in total. The van der Waals surface area contributed by atoms with Crippen molar-refractivity contribution < 1.29 is 19.4 Å². The first kappa shape index (κ1) is 19.7. The minimum atomic E-state index is -1.02. The summed E-state index contributed by atoms with van der Waals surface area (Å²) in [6, 6.07) is 20.0. The van der Waals surface area contributed by atoms with Crippen molar-refractivity contribution in [1.82, 2.24) is 0 Å². The van der Waals surface area contributed by atoms with Gasteiger partial charge in [0.05, 0.1) is 6.61 Å². The molecule has 3 aromatic carbocycles. The summed E-state index contributed by atoms with van der Waals surface area (Å²) in [5, 5.41) is 11.3. The fraction of sp³-hybridized carbons (Fsp3) is 0.200. The van der Waals surface area contributed by atoms with E-state index in [0.29, 0.717) is 30.9 Å². The van der Waals surface area contributed by atoms with Gasteiger partial charge in [-0.1, -0.05) is 42.5 Å². The molecule has 0 unspecified atom stereocenters. The summed E-state index contributed by atoms with van der Waals surface area (Å²) in [5.74, 6) is -0.340. The van der Waals surface area contributed by atoms with Gasteiger partial charge in [0, 0.05) is 42.8 Å². The first-order valence-electron chi connectivity index (χ1n) is 10.1. The largest absolute Gasteiger partial charge is 0.493 e. The molecule has 30 heavy (non-hydrogen) atoms. The van der Waals surface area contributed by atoms with Crippen molar-refractivity contribution in [1.29, 1.82) is 0 Å². The van der Waals surface area contributed by atoms with E-state index in [-0.39, 0.29) is 5.91 Å². The van der Waals surface area contributed by atoms with Crippen LogP contribution in [0.25, 0.3) is 16.8 Å². The van der Waals surface area contributed by atoms with Gasteiger partial charge in [0.1, 0.15) is 5.75 Å². The number of benzene rings is 3. The van der Waals surface area contributed by atoms with Gasteiger partial charge in [0.25, 0.3) is 0 Å². The van der Waals surface area contributed by atoms with E-state index in [0.717, 1.165) is 24.6 Å². The molecule has 0 aliphatic carbocycles. The molecule has 1 amide bonds. The molecule has 1 fully saturated rings. The van der Waals surface area contributed by atoms with Gasteiger partial charge in [0.15, 0.2) is 0 Å². The first-order chi connectivity index (χ1) is 14.6. The number of nitrogens with zero attached hydrogens (tertiary/aromatic N) is 1. The Morgan fingerprint density at radius 2 is 1.90 bits per heavy atom. The molecule has 0 spiro atoms. The highest BCUT2D eigenvalue weighted by atomic mass is 16.5. The Labute approximate surface area is 175 Å². The summed E-state index contributed by atoms with van der Waals surface area (Å²) in [5.41, 5.74) is 2.62. The average molecular weight is 401 g/mol. The van der Waals surface area contributed by atoms with E-state index < -0.39 is 5.97 Å². The number of carboxylic acids is 1. The zero-order valence-electron chi connectivity index (χ0n) is 16.6. The summed E-state index contributed by atoms with van der Waals surface area (Å²) in [7, 11) is 0. The molecule has 0 atom stereocenters. The third kappa shape index (κ3) is 4.51. The molecule has 0 bridgehead atoms. The molecule has 1 aliphatic heterocycles. The number of hydrogen-bond donors (Lipinski definition) is 1. The Morgan fingerprint density at radius 3 is 2.67 bits per heavy atom. The summed E-state index contributed by atoms with van der Waals surface area (Å²) < 4.78 is 6.04. The Morgan fingerprint density at radius 1 is 1.07 bits per heavy atom. The van der Waals surface area contributed by atoms with Crippen LogP contribution < -0.4 is 9.64 Å². The molecule has 1 aliphatic rings. The van der Waals surface area contributed by atoms with Crippen LogP contribution >= 0.6 is 0 Å². The maximum atomic E-state index is 12.1. The molecule has 1 saturated heterocycles. The van der Waals surface area contributed by atoms with E-state index >= 15 is 0 Å². The standard InChI is InChI=1S/C25H23NO4/c27-24-6-3-14-26(24)22-11-9-20(10-12-25(28)29)23(17-22)30-15-13-18-7-8-19-4-1-2-5-21(19)16-18/h1-2,4-5,7-12,16-17H,3,6,13-15H2,(H,28,29)/b12-10+. The molecule has 3 aromatic rings. The lowest BCUT2D eigenvalue weighted by Crippen LogP contribution is -2.23. The van der Waals surface area contributed by atoms with Crippen molar-refractivity contribution in [3.8, 4) is 5.75 Å². The summed E-state index contributed by atoms with van der Waals surface area (Å²) in [4.78, 5) is 24.8. The number of amides is 1. The topological polar surface area (TPSA) is 66.8 Å². The number of fused-ring (bicyclic) bond motifs is 1. The highest BCUT2D eigenvalue weighted by Gasteiger charge is 2.22. The van der Waals surface area contributed by atoms with Gasteiger partial charge in [0.2, 0.25) is 5.91 Å². The first-order valence-corrected chi connectivity index (χ1v) is 10.1. The summed E-state index contributed by atoms with van der Waals surface area (Å²) in [6.07, 6.45) is 4.73. The van der Waals surface area contributed by atoms with Gasteiger partial charge in [-0.3, -0.25) is 4.79 Å². The van der Waals surface area contributed by atoms with E-state index in [1.165, 1.54) is 22.4 Å². The van der Waals surface area contributed by atoms with Gasteiger partial charge in [-0.05, 0) is 41.0 Å². The van der Waals surface area contributed by atoms with Crippen LogP contribution in [0.3, 0.4) is 0 Å². The highest BCUT2D eigenvalue weighted by Crippen LogP contribution is 2.30. The predicted molar refractivity (Wildman–Crippen MR) is 118 cm³/mol. The minimum absolute atomic E-state index is 0.103. The Kier molecular flexibility index (Phi) is 5.80. The summed E-state index contributed by atoms with van der Waals surface area (Å²) >= 11 is 0. The van der Waals surface area contributed by atoms with Crippen molar-refractivity contribution in [2.75, 3.05) is 18.1 Å². The van der Waals surface area contributed by atoms with Gasteiger partial charge < -0.3 is 14.7 Å². The molecule has 5 heteroatoms. The lowest BCUT2D eigenvalue weighted by molar-refractivity contribution is -0.131. The average Bonchev–Trinajstić information content (AvgIpc) is 3.18. The maximum Gasteiger partial charge on any atom is 0.328 e. The Bertz CT molecular complexity index is 1120. The lowest BCUT2D eigenvalue weighted by Gasteiger charge is -2.18. The van der Waals surface area contributed by atoms with Crippen molar-refractivity contribution in [3.05, 3.63) is 77.9 Å². The second kappa shape index (κ2) is 8.82. The van der Waals surface area contributed by atoms with Crippen LogP contribution in [0.4, 0.5) is 5.69 Å².